The van der Waals surface area contributed by atoms with Gasteiger partial charge in [0.15, 0.2) is 5.82 Å². The van der Waals surface area contributed by atoms with Crippen LogP contribution in [0.1, 0.15) is 52.1 Å². The second-order valence-electron chi connectivity index (χ2n) is 12.0. The van der Waals surface area contributed by atoms with E-state index < -0.39 is 6.04 Å². The smallest absolute Gasteiger partial charge is 0.226 e. The molecule has 0 spiro atoms. The average Bonchev–Trinajstić information content (AvgIpc) is 3.85. The standard InChI is InChI=1S/C39H38N6O3/c1-47-31-18-16-29(36(23-31)48-2)25-45-37(19-17-28-24-41-34-13-6-5-12-33(28)34)43-44-39(45)35(42-38(46)22-30-10-7-8-20-40-30)21-27-15-14-26-9-3-4-11-32(26)27/h3-13,15-16,18,20,23-24,35,41H,14,17,19,21-22,25H2,1-2H3,(H,42,46)/t35-/m1/s1. The molecule has 48 heavy (non-hydrogen) atoms. The number of amides is 1. The summed E-state index contributed by atoms with van der Waals surface area (Å²) in [5, 5.41) is 14.1. The number of pyridine rings is 1. The third-order valence-electron chi connectivity index (χ3n) is 9.04. The largest absolute Gasteiger partial charge is 0.497 e. The molecule has 0 fully saturated rings. The van der Waals surface area contributed by atoms with Crippen molar-refractivity contribution in [2.45, 2.75) is 44.7 Å². The number of carbonyl (C=O) groups is 1. The molecular weight excluding hydrogens is 600 g/mol. The summed E-state index contributed by atoms with van der Waals surface area (Å²) in [5.74, 6) is 2.83. The fraction of sp³-hybridized carbons (Fsp3) is 0.231. The molecule has 1 aliphatic rings. The van der Waals surface area contributed by atoms with Gasteiger partial charge in [-0.1, -0.05) is 54.6 Å². The normalized spacial score (nSPS) is 12.8. The van der Waals surface area contributed by atoms with E-state index in [1.54, 1.807) is 20.4 Å². The number of fused-ring (bicyclic) bond motifs is 2. The number of H-pyrrole nitrogens is 1. The summed E-state index contributed by atoms with van der Waals surface area (Å²) in [4.78, 5) is 21.4. The van der Waals surface area contributed by atoms with Crippen molar-refractivity contribution in [3.8, 4) is 11.5 Å². The molecule has 0 saturated heterocycles. The minimum atomic E-state index is -0.433. The minimum absolute atomic E-state index is 0.123. The number of nitrogens with zero attached hydrogens (tertiary/aromatic N) is 4. The highest BCUT2D eigenvalue weighted by Gasteiger charge is 2.27. The Labute approximate surface area is 279 Å². The van der Waals surface area contributed by atoms with Crippen LogP contribution in [-0.4, -0.2) is 44.9 Å². The first kappa shape index (κ1) is 30.9. The number of methoxy groups -OCH3 is 2. The lowest BCUT2D eigenvalue weighted by Gasteiger charge is -2.22. The molecule has 3 aromatic carbocycles. The van der Waals surface area contributed by atoms with Gasteiger partial charge in [-0.15, -0.1) is 10.2 Å². The SMILES string of the molecule is COc1ccc(Cn2c(CCc3c[nH]c4ccccc34)nnc2[C@@H](CC2=CCc3ccccc32)NC(=O)Cc2ccccn2)c(OC)c1. The number of aromatic nitrogens is 5. The third kappa shape index (κ3) is 6.57. The molecule has 0 bridgehead atoms. The third-order valence-corrected chi connectivity index (χ3v) is 9.04. The Bertz CT molecular complexity index is 2080. The fourth-order valence-electron chi connectivity index (χ4n) is 6.59. The van der Waals surface area contributed by atoms with Gasteiger partial charge in [0.05, 0.1) is 33.2 Å². The van der Waals surface area contributed by atoms with E-state index in [-0.39, 0.29) is 12.3 Å². The number of rotatable bonds is 13. The van der Waals surface area contributed by atoms with Crippen molar-refractivity contribution in [1.82, 2.24) is 30.0 Å². The second-order valence-corrected chi connectivity index (χ2v) is 12.0. The Morgan fingerprint density at radius 3 is 2.65 bits per heavy atom. The zero-order valence-corrected chi connectivity index (χ0v) is 27.1. The highest BCUT2D eigenvalue weighted by atomic mass is 16.5. The number of ether oxygens (including phenoxy) is 2. The number of hydrogen-bond acceptors (Lipinski definition) is 6. The van der Waals surface area contributed by atoms with E-state index in [0.29, 0.717) is 42.4 Å². The molecule has 1 aliphatic carbocycles. The lowest BCUT2D eigenvalue weighted by molar-refractivity contribution is -0.121. The first-order valence-electron chi connectivity index (χ1n) is 16.2. The molecule has 9 heteroatoms. The Morgan fingerprint density at radius 2 is 1.79 bits per heavy atom. The van der Waals surface area contributed by atoms with Crippen LogP contribution in [0.5, 0.6) is 11.5 Å². The molecule has 6 aromatic rings. The molecule has 0 saturated carbocycles. The van der Waals surface area contributed by atoms with Crippen molar-refractivity contribution in [1.29, 1.82) is 0 Å². The zero-order valence-electron chi connectivity index (χ0n) is 27.1. The van der Waals surface area contributed by atoms with Gasteiger partial charge in [-0.25, -0.2) is 0 Å². The minimum Gasteiger partial charge on any atom is -0.497 e. The van der Waals surface area contributed by atoms with Crippen molar-refractivity contribution in [3.05, 3.63) is 143 Å². The predicted molar refractivity (Wildman–Crippen MR) is 186 cm³/mol. The van der Waals surface area contributed by atoms with Crippen LogP contribution in [0.3, 0.4) is 0 Å². The first-order valence-corrected chi connectivity index (χ1v) is 16.2. The highest BCUT2D eigenvalue weighted by molar-refractivity contribution is 5.83. The molecule has 3 heterocycles. The molecule has 1 amide bonds. The summed E-state index contributed by atoms with van der Waals surface area (Å²) in [5.41, 5.74) is 7.68. The van der Waals surface area contributed by atoms with E-state index in [1.807, 2.05) is 42.5 Å². The van der Waals surface area contributed by atoms with Gasteiger partial charge < -0.3 is 24.3 Å². The van der Waals surface area contributed by atoms with Crippen molar-refractivity contribution in [2.75, 3.05) is 14.2 Å². The number of hydrogen-bond donors (Lipinski definition) is 2. The fourth-order valence-corrected chi connectivity index (χ4v) is 6.59. The summed E-state index contributed by atoms with van der Waals surface area (Å²) in [7, 11) is 3.30. The second kappa shape index (κ2) is 14.0. The zero-order chi connectivity index (χ0) is 32.9. The summed E-state index contributed by atoms with van der Waals surface area (Å²) in [6.45, 7) is 0.459. The summed E-state index contributed by atoms with van der Waals surface area (Å²) >= 11 is 0. The van der Waals surface area contributed by atoms with Gasteiger partial charge in [0.1, 0.15) is 17.3 Å². The van der Waals surface area contributed by atoms with Gasteiger partial charge in [-0.3, -0.25) is 9.78 Å². The first-order chi connectivity index (χ1) is 23.6. The van der Waals surface area contributed by atoms with Crippen LogP contribution in [0, 0.1) is 0 Å². The van der Waals surface area contributed by atoms with E-state index >= 15 is 0 Å². The molecule has 7 rings (SSSR count). The van der Waals surface area contributed by atoms with Crippen LogP contribution in [-0.2, 0) is 37.0 Å². The summed E-state index contributed by atoms with van der Waals surface area (Å²) in [6, 6.07) is 27.8. The molecule has 0 aliphatic heterocycles. The number of aromatic amines is 1. The molecule has 0 unspecified atom stereocenters. The van der Waals surface area contributed by atoms with Crippen LogP contribution in [0.4, 0.5) is 0 Å². The molecule has 9 nitrogen and oxygen atoms in total. The van der Waals surface area contributed by atoms with E-state index in [9.17, 15) is 4.79 Å². The summed E-state index contributed by atoms with van der Waals surface area (Å²) < 4.78 is 13.4. The van der Waals surface area contributed by atoms with Crippen molar-refractivity contribution in [3.63, 3.8) is 0 Å². The number of nitrogens with one attached hydrogen (secondary N) is 2. The number of benzene rings is 3. The number of para-hydroxylation sites is 1. The maximum atomic E-state index is 13.6. The maximum Gasteiger partial charge on any atom is 0.226 e. The van der Waals surface area contributed by atoms with E-state index in [0.717, 1.165) is 29.7 Å². The van der Waals surface area contributed by atoms with Crippen molar-refractivity contribution >= 4 is 22.4 Å². The van der Waals surface area contributed by atoms with Gasteiger partial charge in [0.25, 0.3) is 0 Å². The van der Waals surface area contributed by atoms with Crippen molar-refractivity contribution < 1.29 is 14.3 Å². The van der Waals surface area contributed by atoms with Crippen LogP contribution < -0.4 is 14.8 Å². The number of carbonyl (C=O) groups excluding carboxylic acids is 1. The van der Waals surface area contributed by atoms with Crippen molar-refractivity contribution in [2.24, 2.45) is 0 Å². The Balaban J connectivity index is 1.26. The quantitative estimate of drug-likeness (QED) is 0.151. The maximum absolute atomic E-state index is 13.6. The van der Waals surface area contributed by atoms with Crippen LogP contribution in [0.2, 0.25) is 0 Å². The molecule has 0 radical (unpaired) electrons. The average molecular weight is 639 g/mol. The van der Waals surface area contributed by atoms with Gasteiger partial charge in [-0.2, -0.15) is 0 Å². The van der Waals surface area contributed by atoms with Crippen LogP contribution >= 0.6 is 0 Å². The van der Waals surface area contributed by atoms with Gasteiger partial charge in [-0.05, 0) is 65.4 Å². The molecule has 242 valence electrons. The van der Waals surface area contributed by atoms with Gasteiger partial charge in [0, 0.05) is 53.5 Å². The lowest BCUT2D eigenvalue weighted by Crippen LogP contribution is -2.32. The number of aryl methyl sites for hydroxylation is 2. The molecule has 1 atom stereocenters. The topological polar surface area (TPSA) is 107 Å². The van der Waals surface area contributed by atoms with E-state index in [1.165, 1.54) is 27.6 Å². The van der Waals surface area contributed by atoms with Crippen LogP contribution in [0.15, 0.2) is 103 Å². The highest BCUT2D eigenvalue weighted by Crippen LogP contribution is 2.35. The molecule has 3 aromatic heterocycles. The van der Waals surface area contributed by atoms with E-state index in [2.05, 4.69) is 74.6 Å². The number of allylic oxidation sites excluding steroid dienone is 1. The molecule has 2 N–H and O–H groups in total. The Hall–Kier alpha value is -5.70. The van der Waals surface area contributed by atoms with Crippen LogP contribution in [0.25, 0.3) is 16.5 Å². The van der Waals surface area contributed by atoms with Gasteiger partial charge >= 0.3 is 0 Å². The Morgan fingerprint density at radius 1 is 0.938 bits per heavy atom. The lowest BCUT2D eigenvalue weighted by atomic mass is 9.99. The summed E-state index contributed by atoms with van der Waals surface area (Å²) in [6.07, 6.45) is 9.08. The van der Waals surface area contributed by atoms with E-state index in [4.69, 9.17) is 19.7 Å². The monoisotopic (exact) mass is 638 g/mol. The molecular formula is C39H38N6O3. The van der Waals surface area contributed by atoms with Gasteiger partial charge in [0.2, 0.25) is 5.91 Å². The predicted octanol–water partition coefficient (Wildman–Crippen LogP) is 6.43. The Kier molecular flexibility index (Phi) is 9.00.